The zero-order chi connectivity index (χ0) is 24.9. The Hall–Kier alpha value is -3.90. The summed E-state index contributed by atoms with van der Waals surface area (Å²) in [5.41, 5.74) is 2.61. The van der Waals surface area contributed by atoms with Gasteiger partial charge in [0.1, 0.15) is 5.76 Å². The van der Waals surface area contributed by atoms with Crippen LogP contribution in [-0.4, -0.2) is 35.8 Å². The Bertz CT molecular complexity index is 1320. The predicted octanol–water partition coefficient (Wildman–Crippen LogP) is 5.38. The first kappa shape index (κ1) is 23.8. The summed E-state index contributed by atoms with van der Waals surface area (Å²) in [6.45, 7) is 3.88. The SMILES string of the molecule is CCN(C(=O)CN(Cc1ccc(C(=O)NC2CC2)cc1)Cc1ccco1)c1cccc2ccccc12. The Balaban J connectivity index is 1.33. The molecule has 3 aromatic carbocycles. The van der Waals surface area contributed by atoms with E-state index in [9.17, 15) is 9.59 Å². The molecular weight excluding hydrogens is 450 g/mol. The molecule has 5 rings (SSSR count). The summed E-state index contributed by atoms with van der Waals surface area (Å²) in [4.78, 5) is 29.9. The van der Waals surface area contributed by atoms with Crippen LogP contribution >= 0.6 is 0 Å². The van der Waals surface area contributed by atoms with Crippen LogP contribution in [0.5, 0.6) is 0 Å². The summed E-state index contributed by atoms with van der Waals surface area (Å²) >= 11 is 0. The van der Waals surface area contributed by atoms with Crippen molar-refractivity contribution >= 4 is 28.3 Å². The molecule has 0 atom stereocenters. The third-order valence-electron chi connectivity index (χ3n) is 6.53. The molecule has 1 fully saturated rings. The molecule has 1 aliphatic carbocycles. The van der Waals surface area contributed by atoms with Crippen LogP contribution in [0.1, 0.15) is 41.4 Å². The summed E-state index contributed by atoms with van der Waals surface area (Å²) in [5, 5.41) is 5.19. The maximum atomic E-state index is 13.6. The molecule has 0 radical (unpaired) electrons. The normalized spacial score (nSPS) is 13.2. The minimum atomic E-state index is -0.0275. The van der Waals surface area contributed by atoms with E-state index < -0.39 is 0 Å². The first-order chi connectivity index (χ1) is 17.6. The number of nitrogens with one attached hydrogen (secondary N) is 1. The standard InChI is InChI=1S/C30H31N3O3/c1-2-33(28-11-5-8-23-7-3-4-10-27(23)28)29(34)21-32(20-26-9-6-18-36-26)19-22-12-14-24(15-13-22)30(35)31-25-16-17-25/h3-15,18,25H,2,16-17,19-21H2,1H3,(H,31,35). The molecule has 36 heavy (non-hydrogen) atoms. The number of rotatable bonds is 10. The lowest BCUT2D eigenvalue weighted by Crippen LogP contribution is -2.40. The Labute approximate surface area is 211 Å². The topological polar surface area (TPSA) is 65.8 Å². The third-order valence-corrected chi connectivity index (χ3v) is 6.53. The molecule has 0 saturated heterocycles. The fourth-order valence-electron chi connectivity index (χ4n) is 4.51. The third kappa shape index (κ3) is 5.66. The molecule has 0 spiro atoms. The van der Waals surface area contributed by atoms with Gasteiger partial charge in [-0.05, 0) is 61.0 Å². The minimum Gasteiger partial charge on any atom is -0.468 e. The lowest BCUT2D eigenvalue weighted by molar-refractivity contribution is -0.120. The van der Waals surface area contributed by atoms with E-state index in [1.807, 2.05) is 72.5 Å². The van der Waals surface area contributed by atoms with Crippen LogP contribution in [0.15, 0.2) is 89.5 Å². The summed E-state index contributed by atoms with van der Waals surface area (Å²) in [6.07, 6.45) is 3.78. The highest BCUT2D eigenvalue weighted by atomic mass is 16.3. The van der Waals surface area contributed by atoms with Gasteiger partial charge in [-0.1, -0.05) is 48.5 Å². The van der Waals surface area contributed by atoms with Crippen molar-refractivity contribution in [3.8, 4) is 0 Å². The molecule has 4 aromatic rings. The van der Waals surface area contributed by atoms with Gasteiger partial charge in [-0.25, -0.2) is 0 Å². The maximum absolute atomic E-state index is 13.6. The first-order valence-corrected chi connectivity index (χ1v) is 12.5. The van der Waals surface area contributed by atoms with E-state index in [-0.39, 0.29) is 18.4 Å². The van der Waals surface area contributed by atoms with E-state index in [2.05, 4.69) is 28.4 Å². The van der Waals surface area contributed by atoms with Gasteiger partial charge < -0.3 is 14.6 Å². The van der Waals surface area contributed by atoms with Crippen molar-refractivity contribution in [1.82, 2.24) is 10.2 Å². The van der Waals surface area contributed by atoms with Crippen LogP contribution in [0, 0.1) is 0 Å². The molecule has 6 nitrogen and oxygen atoms in total. The number of hydrogen-bond donors (Lipinski definition) is 1. The summed E-state index contributed by atoms with van der Waals surface area (Å²) in [7, 11) is 0. The average Bonchev–Trinajstić information content (AvgIpc) is 3.56. The number of carbonyl (C=O) groups excluding carboxylic acids is 2. The lowest BCUT2D eigenvalue weighted by atomic mass is 10.1. The minimum absolute atomic E-state index is 0.0275. The van der Waals surface area contributed by atoms with Crippen molar-refractivity contribution in [2.24, 2.45) is 0 Å². The maximum Gasteiger partial charge on any atom is 0.251 e. The number of anilines is 1. The van der Waals surface area contributed by atoms with E-state index >= 15 is 0 Å². The molecule has 1 N–H and O–H groups in total. The van der Waals surface area contributed by atoms with E-state index in [1.165, 1.54) is 0 Å². The van der Waals surface area contributed by atoms with Crippen molar-refractivity contribution in [3.63, 3.8) is 0 Å². The number of amides is 2. The van der Waals surface area contributed by atoms with Crippen molar-refractivity contribution in [3.05, 3.63) is 102 Å². The van der Waals surface area contributed by atoms with Crippen molar-refractivity contribution in [1.29, 1.82) is 0 Å². The molecule has 184 valence electrons. The summed E-state index contributed by atoms with van der Waals surface area (Å²) in [5.74, 6) is 0.803. The van der Waals surface area contributed by atoms with Crippen LogP contribution in [0.2, 0.25) is 0 Å². The van der Waals surface area contributed by atoms with E-state index in [0.29, 0.717) is 31.2 Å². The van der Waals surface area contributed by atoms with Crippen LogP contribution in [0.25, 0.3) is 10.8 Å². The molecular formula is C30H31N3O3. The molecule has 0 aliphatic heterocycles. The molecule has 2 amide bonds. The molecule has 1 heterocycles. The van der Waals surface area contributed by atoms with Gasteiger partial charge in [0.15, 0.2) is 0 Å². The number of carbonyl (C=O) groups is 2. The molecule has 1 aliphatic rings. The Morgan fingerprint density at radius 3 is 2.42 bits per heavy atom. The second kappa shape index (κ2) is 10.8. The zero-order valence-corrected chi connectivity index (χ0v) is 20.5. The fourth-order valence-corrected chi connectivity index (χ4v) is 4.51. The highest BCUT2D eigenvalue weighted by molar-refractivity contribution is 6.04. The summed E-state index contributed by atoms with van der Waals surface area (Å²) < 4.78 is 5.59. The quantitative estimate of drug-likeness (QED) is 0.330. The number of hydrogen-bond acceptors (Lipinski definition) is 4. The Kier molecular flexibility index (Phi) is 7.14. The summed E-state index contributed by atoms with van der Waals surface area (Å²) in [6, 6.07) is 25.9. The molecule has 1 aromatic heterocycles. The largest absolute Gasteiger partial charge is 0.468 e. The van der Waals surface area contributed by atoms with Gasteiger partial charge in [-0.15, -0.1) is 0 Å². The Morgan fingerprint density at radius 1 is 0.917 bits per heavy atom. The average molecular weight is 482 g/mol. The molecule has 0 bridgehead atoms. The van der Waals surface area contributed by atoms with Crippen molar-refractivity contribution in [2.75, 3.05) is 18.0 Å². The highest BCUT2D eigenvalue weighted by Gasteiger charge is 2.24. The van der Waals surface area contributed by atoms with Gasteiger partial charge in [0.05, 0.1) is 25.0 Å². The van der Waals surface area contributed by atoms with Gasteiger partial charge in [0.25, 0.3) is 5.91 Å². The van der Waals surface area contributed by atoms with Gasteiger partial charge >= 0.3 is 0 Å². The number of furan rings is 1. The second-order valence-corrected chi connectivity index (χ2v) is 9.31. The monoisotopic (exact) mass is 481 g/mol. The second-order valence-electron chi connectivity index (χ2n) is 9.31. The van der Waals surface area contributed by atoms with Crippen LogP contribution < -0.4 is 10.2 Å². The first-order valence-electron chi connectivity index (χ1n) is 12.5. The zero-order valence-electron chi connectivity index (χ0n) is 20.5. The smallest absolute Gasteiger partial charge is 0.251 e. The Morgan fingerprint density at radius 2 is 1.69 bits per heavy atom. The van der Waals surface area contributed by atoms with Gasteiger partial charge in [0, 0.05) is 30.1 Å². The number of likely N-dealkylation sites (N-methyl/N-ethyl adjacent to an activating group) is 1. The van der Waals surface area contributed by atoms with E-state index in [4.69, 9.17) is 4.42 Å². The number of nitrogens with zero attached hydrogens (tertiary/aromatic N) is 2. The highest BCUT2D eigenvalue weighted by Crippen LogP contribution is 2.27. The molecule has 1 saturated carbocycles. The van der Waals surface area contributed by atoms with Gasteiger partial charge in [-0.3, -0.25) is 14.5 Å². The number of benzene rings is 3. The molecule has 0 unspecified atom stereocenters. The van der Waals surface area contributed by atoms with Gasteiger partial charge in [-0.2, -0.15) is 0 Å². The van der Waals surface area contributed by atoms with E-state index in [1.54, 1.807) is 6.26 Å². The molecule has 6 heteroatoms. The van der Waals surface area contributed by atoms with E-state index in [0.717, 1.165) is 40.6 Å². The van der Waals surface area contributed by atoms with Crippen LogP contribution in [0.3, 0.4) is 0 Å². The lowest BCUT2D eigenvalue weighted by Gasteiger charge is -2.27. The van der Waals surface area contributed by atoms with Crippen LogP contribution in [0.4, 0.5) is 5.69 Å². The van der Waals surface area contributed by atoms with Crippen molar-refractivity contribution in [2.45, 2.75) is 38.9 Å². The predicted molar refractivity (Wildman–Crippen MR) is 142 cm³/mol. The van der Waals surface area contributed by atoms with Crippen LogP contribution in [-0.2, 0) is 17.9 Å². The fraction of sp³-hybridized carbons (Fsp3) is 0.267. The van der Waals surface area contributed by atoms with Gasteiger partial charge in [0.2, 0.25) is 5.91 Å². The van der Waals surface area contributed by atoms with Crippen molar-refractivity contribution < 1.29 is 14.0 Å². The number of fused-ring (bicyclic) bond motifs is 1.